The molecule has 18 heavy (non-hydrogen) atoms. The Hall–Kier alpha value is -1.88. The zero-order valence-corrected chi connectivity index (χ0v) is 10.2. The Morgan fingerprint density at radius 1 is 1.50 bits per heavy atom. The van der Waals surface area contributed by atoms with Crippen molar-refractivity contribution in [2.45, 2.75) is 13.0 Å². The Kier molecular flexibility index (Phi) is 2.76. The van der Waals surface area contributed by atoms with Gasteiger partial charge < -0.3 is 14.6 Å². The topological polar surface area (TPSA) is 58.2 Å². The number of aromatic nitrogens is 2. The van der Waals surface area contributed by atoms with E-state index in [1.807, 2.05) is 18.2 Å². The maximum absolute atomic E-state index is 11.6. The molecule has 0 amide bonds. The first-order chi connectivity index (χ1) is 8.75. The summed E-state index contributed by atoms with van der Waals surface area (Å²) >= 11 is 0. The second-order valence-electron chi connectivity index (χ2n) is 4.55. The number of hydrogen-bond donors (Lipinski definition) is 1. The summed E-state index contributed by atoms with van der Waals surface area (Å²) < 4.78 is 5.43. The lowest BCUT2D eigenvalue weighted by Crippen LogP contribution is -2.43. The lowest BCUT2D eigenvalue weighted by molar-refractivity contribution is 0.0989. The van der Waals surface area contributed by atoms with Gasteiger partial charge in [-0.2, -0.15) is 0 Å². The Bertz CT molecular complexity index is 623. The fraction of sp³-hybridized carbons (Fsp3) is 0.385. The van der Waals surface area contributed by atoms with E-state index < -0.39 is 0 Å². The summed E-state index contributed by atoms with van der Waals surface area (Å²) in [6, 6.07) is 6.12. The minimum Gasteiger partial charge on any atom is -0.377 e. The molecule has 1 fully saturated rings. The summed E-state index contributed by atoms with van der Waals surface area (Å²) in [5, 5.41) is 0.627. The summed E-state index contributed by atoms with van der Waals surface area (Å²) in [6.45, 7) is 4.48. The highest BCUT2D eigenvalue weighted by Crippen LogP contribution is 2.22. The van der Waals surface area contributed by atoms with Crippen molar-refractivity contribution >= 4 is 16.6 Å². The van der Waals surface area contributed by atoms with Crippen LogP contribution in [0.2, 0.25) is 0 Å². The van der Waals surface area contributed by atoms with Gasteiger partial charge in [0.15, 0.2) is 0 Å². The number of nitrogens with zero attached hydrogens (tertiary/aromatic N) is 2. The molecule has 2 heterocycles. The number of nitrogens with one attached hydrogen (secondary N) is 1. The molecule has 0 radical (unpaired) electrons. The molecular weight excluding hydrogens is 230 g/mol. The maximum Gasteiger partial charge on any atom is 0.258 e. The number of aromatic amines is 1. The number of H-pyrrole nitrogens is 1. The predicted molar refractivity (Wildman–Crippen MR) is 70.0 cm³/mol. The molecule has 5 heteroatoms. The lowest BCUT2D eigenvalue weighted by atomic mass is 10.1. The van der Waals surface area contributed by atoms with Crippen LogP contribution in [0.15, 0.2) is 29.3 Å². The van der Waals surface area contributed by atoms with Crippen LogP contribution in [0, 0.1) is 0 Å². The van der Waals surface area contributed by atoms with Crippen molar-refractivity contribution in [2.75, 3.05) is 24.7 Å². The molecule has 0 spiro atoms. The standard InChI is InChI=1S/C13H15N3O2/c1-9-7-18-5-4-16(9)10-2-3-11-12(6-10)14-8-15-13(11)17/h2-3,6,8-9H,4-5,7H2,1H3,(H,14,15,17)/t9-/m1/s1. The van der Waals surface area contributed by atoms with Crippen molar-refractivity contribution < 1.29 is 4.74 Å². The molecular formula is C13H15N3O2. The fourth-order valence-corrected chi connectivity index (χ4v) is 2.35. The maximum atomic E-state index is 11.6. The molecule has 0 aliphatic carbocycles. The fourth-order valence-electron chi connectivity index (χ4n) is 2.35. The minimum atomic E-state index is -0.0958. The Morgan fingerprint density at radius 3 is 3.22 bits per heavy atom. The van der Waals surface area contributed by atoms with Gasteiger partial charge in [-0.25, -0.2) is 4.98 Å². The van der Waals surface area contributed by atoms with E-state index in [0.29, 0.717) is 11.4 Å². The number of fused-ring (bicyclic) bond motifs is 1. The molecule has 5 nitrogen and oxygen atoms in total. The van der Waals surface area contributed by atoms with E-state index in [9.17, 15) is 4.79 Å². The largest absolute Gasteiger partial charge is 0.377 e. The number of morpholine rings is 1. The highest BCUT2D eigenvalue weighted by molar-refractivity contribution is 5.81. The summed E-state index contributed by atoms with van der Waals surface area (Å²) in [7, 11) is 0. The minimum absolute atomic E-state index is 0.0958. The van der Waals surface area contributed by atoms with Crippen molar-refractivity contribution in [1.29, 1.82) is 0 Å². The van der Waals surface area contributed by atoms with Crippen LogP contribution in [0.1, 0.15) is 6.92 Å². The molecule has 1 aromatic heterocycles. The average molecular weight is 245 g/mol. The quantitative estimate of drug-likeness (QED) is 0.818. The second kappa shape index (κ2) is 4.42. The van der Waals surface area contributed by atoms with Crippen LogP contribution in [0.25, 0.3) is 10.9 Å². The van der Waals surface area contributed by atoms with Crippen LogP contribution in [0.3, 0.4) is 0 Å². The van der Waals surface area contributed by atoms with Gasteiger partial charge in [0.05, 0.1) is 30.4 Å². The van der Waals surface area contributed by atoms with Crippen LogP contribution >= 0.6 is 0 Å². The Labute approximate surface area is 104 Å². The first-order valence-electron chi connectivity index (χ1n) is 6.07. The van der Waals surface area contributed by atoms with Crippen molar-refractivity contribution in [3.8, 4) is 0 Å². The monoisotopic (exact) mass is 245 g/mol. The smallest absolute Gasteiger partial charge is 0.258 e. The third-order valence-corrected chi connectivity index (χ3v) is 3.32. The Balaban J connectivity index is 2.05. The summed E-state index contributed by atoms with van der Waals surface area (Å²) in [6.07, 6.45) is 1.44. The van der Waals surface area contributed by atoms with Gasteiger partial charge in [-0.15, -0.1) is 0 Å². The highest BCUT2D eigenvalue weighted by Gasteiger charge is 2.19. The van der Waals surface area contributed by atoms with E-state index in [0.717, 1.165) is 31.0 Å². The van der Waals surface area contributed by atoms with Crippen LogP contribution in [0.4, 0.5) is 5.69 Å². The number of ether oxygens (including phenoxy) is 1. The van der Waals surface area contributed by atoms with Crippen LogP contribution in [-0.4, -0.2) is 35.8 Å². The van der Waals surface area contributed by atoms with Crippen molar-refractivity contribution in [1.82, 2.24) is 9.97 Å². The molecule has 0 bridgehead atoms. The Morgan fingerprint density at radius 2 is 2.39 bits per heavy atom. The van der Waals surface area contributed by atoms with Crippen molar-refractivity contribution in [3.63, 3.8) is 0 Å². The lowest BCUT2D eigenvalue weighted by Gasteiger charge is -2.35. The van der Waals surface area contributed by atoms with Gasteiger partial charge in [0, 0.05) is 18.3 Å². The molecule has 1 aromatic carbocycles. The van der Waals surface area contributed by atoms with E-state index in [1.165, 1.54) is 6.33 Å². The SMILES string of the molecule is C[C@@H]1COCCN1c1ccc2c(=O)[nH]cnc2c1. The summed E-state index contributed by atoms with van der Waals surface area (Å²) in [5.41, 5.74) is 1.73. The van der Waals surface area contributed by atoms with Crippen LogP contribution < -0.4 is 10.5 Å². The van der Waals surface area contributed by atoms with Crippen LogP contribution in [-0.2, 0) is 4.74 Å². The molecule has 2 aromatic rings. The molecule has 1 atom stereocenters. The van der Waals surface area contributed by atoms with E-state index in [-0.39, 0.29) is 5.56 Å². The van der Waals surface area contributed by atoms with Gasteiger partial charge in [0.1, 0.15) is 0 Å². The summed E-state index contributed by atoms with van der Waals surface area (Å²) in [5.74, 6) is 0. The number of rotatable bonds is 1. The molecule has 94 valence electrons. The number of hydrogen-bond acceptors (Lipinski definition) is 4. The molecule has 1 aliphatic heterocycles. The first kappa shape index (κ1) is 11.2. The number of benzene rings is 1. The molecule has 3 rings (SSSR count). The third kappa shape index (κ3) is 1.86. The number of anilines is 1. The zero-order valence-electron chi connectivity index (χ0n) is 10.2. The van der Waals surface area contributed by atoms with Gasteiger partial charge >= 0.3 is 0 Å². The van der Waals surface area contributed by atoms with Crippen molar-refractivity contribution in [3.05, 3.63) is 34.9 Å². The predicted octanol–water partition coefficient (Wildman–Crippen LogP) is 1.15. The average Bonchev–Trinajstić information content (AvgIpc) is 2.39. The highest BCUT2D eigenvalue weighted by atomic mass is 16.5. The normalized spacial score (nSPS) is 20.3. The van der Waals surface area contributed by atoms with Gasteiger partial charge in [-0.05, 0) is 25.1 Å². The third-order valence-electron chi connectivity index (χ3n) is 3.32. The van der Waals surface area contributed by atoms with Crippen molar-refractivity contribution in [2.24, 2.45) is 0 Å². The van der Waals surface area contributed by atoms with E-state index >= 15 is 0 Å². The summed E-state index contributed by atoms with van der Waals surface area (Å²) in [4.78, 5) is 20.7. The first-order valence-corrected chi connectivity index (χ1v) is 6.07. The molecule has 1 aliphatic rings. The van der Waals surface area contributed by atoms with Crippen LogP contribution in [0.5, 0.6) is 0 Å². The van der Waals surface area contributed by atoms with Gasteiger partial charge in [0.25, 0.3) is 5.56 Å². The van der Waals surface area contributed by atoms with Gasteiger partial charge in [-0.3, -0.25) is 4.79 Å². The molecule has 1 N–H and O–H groups in total. The van der Waals surface area contributed by atoms with E-state index in [4.69, 9.17) is 4.74 Å². The second-order valence-corrected chi connectivity index (χ2v) is 4.55. The molecule has 1 saturated heterocycles. The molecule has 0 saturated carbocycles. The van der Waals surface area contributed by atoms with E-state index in [2.05, 4.69) is 21.8 Å². The molecule has 0 unspecified atom stereocenters. The zero-order chi connectivity index (χ0) is 12.5. The van der Waals surface area contributed by atoms with Gasteiger partial charge in [0.2, 0.25) is 0 Å². The van der Waals surface area contributed by atoms with Gasteiger partial charge in [-0.1, -0.05) is 0 Å². The van der Waals surface area contributed by atoms with E-state index in [1.54, 1.807) is 0 Å².